The highest BCUT2D eigenvalue weighted by Crippen LogP contribution is 2.36. The van der Waals surface area contributed by atoms with E-state index in [-0.39, 0.29) is 17.1 Å². The maximum Gasteiger partial charge on any atom is 0.192 e. The van der Waals surface area contributed by atoms with Crippen molar-refractivity contribution in [2.45, 2.75) is 30.4 Å². The lowest BCUT2D eigenvalue weighted by Crippen LogP contribution is -2.24. The van der Waals surface area contributed by atoms with Gasteiger partial charge in [0, 0.05) is 12.6 Å². The van der Waals surface area contributed by atoms with Gasteiger partial charge < -0.3 is 14.0 Å². The summed E-state index contributed by atoms with van der Waals surface area (Å²) in [6, 6.07) is 15.2. The fraction of sp³-hybridized carbons (Fsp3) is 0.286. The lowest BCUT2D eigenvalue weighted by molar-refractivity contribution is 0.0825. The molecule has 1 aliphatic rings. The van der Waals surface area contributed by atoms with E-state index in [1.807, 2.05) is 74.0 Å². The summed E-state index contributed by atoms with van der Waals surface area (Å²) in [6.45, 7) is 4.26. The van der Waals surface area contributed by atoms with Crippen molar-refractivity contribution in [1.82, 2.24) is 14.8 Å². The maximum absolute atomic E-state index is 12.7. The molecule has 2 unspecified atom stereocenters. The highest BCUT2D eigenvalue weighted by atomic mass is 32.2. The fourth-order valence-electron chi connectivity index (χ4n) is 3.02. The van der Waals surface area contributed by atoms with Crippen LogP contribution >= 0.6 is 11.8 Å². The van der Waals surface area contributed by atoms with Crippen LogP contribution in [0.15, 0.2) is 53.7 Å². The molecule has 0 bridgehead atoms. The zero-order valence-electron chi connectivity index (χ0n) is 16.0. The number of ether oxygens (including phenoxy) is 2. The molecular formula is C21H21N3O3S. The Hall–Kier alpha value is -2.80. The molecule has 0 aliphatic carbocycles. The van der Waals surface area contributed by atoms with Crippen molar-refractivity contribution in [3.63, 3.8) is 0 Å². The highest BCUT2D eigenvalue weighted by molar-refractivity contribution is 8.00. The largest absolute Gasteiger partial charge is 0.485 e. The third-order valence-corrected chi connectivity index (χ3v) is 5.79. The second-order valence-electron chi connectivity index (χ2n) is 6.75. The predicted molar refractivity (Wildman–Crippen MR) is 107 cm³/mol. The standard InChI is InChI=1S/C21H21N3O3S/c1-13-8-10-15(11-9-13)19(25)14(2)28-21-23-22-20(24(21)3)18-12-26-16-6-4-5-7-17(16)27-18/h4-11,14,18H,12H2,1-3H3. The molecule has 0 amide bonds. The van der Waals surface area contributed by atoms with Crippen LogP contribution in [-0.4, -0.2) is 32.4 Å². The van der Waals surface area contributed by atoms with Crippen molar-refractivity contribution in [1.29, 1.82) is 0 Å². The van der Waals surface area contributed by atoms with Gasteiger partial charge in [0.2, 0.25) is 0 Å². The molecule has 2 atom stereocenters. The van der Waals surface area contributed by atoms with E-state index in [1.54, 1.807) is 0 Å². The average molecular weight is 395 g/mol. The Kier molecular flexibility index (Phi) is 5.09. The van der Waals surface area contributed by atoms with Gasteiger partial charge in [0.15, 0.2) is 34.4 Å². The lowest BCUT2D eigenvalue weighted by Gasteiger charge is -2.25. The average Bonchev–Trinajstić information content (AvgIpc) is 3.08. The summed E-state index contributed by atoms with van der Waals surface area (Å²) in [7, 11) is 1.88. The predicted octanol–water partition coefficient (Wildman–Crippen LogP) is 4.00. The third-order valence-electron chi connectivity index (χ3n) is 4.65. The van der Waals surface area contributed by atoms with E-state index in [2.05, 4.69) is 10.2 Å². The number of thioether (sulfide) groups is 1. The number of para-hydroxylation sites is 2. The lowest BCUT2D eigenvalue weighted by atomic mass is 10.1. The Bertz CT molecular complexity index is 1000. The number of hydrogen-bond acceptors (Lipinski definition) is 6. The van der Waals surface area contributed by atoms with Crippen LogP contribution in [-0.2, 0) is 7.05 Å². The summed E-state index contributed by atoms with van der Waals surface area (Å²) < 4.78 is 13.7. The van der Waals surface area contributed by atoms with Crippen molar-refractivity contribution in [3.05, 3.63) is 65.5 Å². The molecule has 28 heavy (non-hydrogen) atoms. The molecule has 4 rings (SSSR count). The molecular weight excluding hydrogens is 374 g/mol. The number of aromatic nitrogens is 3. The van der Waals surface area contributed by atoms with Gasteiger partial charge in [0.25, 0.3) is 0 Å². The SMILES string of the molecule is Cc1ccc(C(=O)C(C)Sc2nnc(C3COc4ccccc4O3)n2C)cc1. The summed E-state index contributed by atoms with van der Waals surface area (Å²) in [5, 5.41) is 8.95. The van der Waals surface area contributed by atoms with Crippen molar-refractivity contribution in [2.75, 3.05) is 6.61 Å². The number of rotatable bonds is 5. The minimum atomic E-state index is -0.343. The molecule has 0 spiro atoms. The Balaban J connectivity index is 1.48. The highest BCUT2D eigenvalue weighted by Gasteiger charge is 2.28. The van der Waals surface area contributed by atoms with Crippen LogP contribution in [0.25, 0.3) is 0 Å². The monoisotopic (exact) mass is 395 g/mol. The Morgan fingerprint density at radius 1 is 1.14 bits per heavy atom. The van der Waals surface area contributed by atoms with Crippen LogP contribution in [0.4, 0.5) is 0 Å². The first-order valence-electron chi connectivity index (χ1n) is 9.08. The number of nitrogens with zero attached hydrogens (tertiary/aromatic N) is 3. The van der Waals surface area contributed by atoms with E-state index in [4.69, 9.17) is 9.47 Å². The van der Waals surface area contributed by atoms with Crippen LogP contribution in [0.1, 0.15) is 34.8 Å². The van der Waals surface area contributed by atoms with Crippen molar-refractivity contribution in [2.24, 2.45) is 7.05 Å². The summed E-state index contributed by atoms with van der Waals surface area (Å²) in [4.78, 5) is 12.7. The number of hydrogen-bond donors (Lipinski definition) is 0. The summed E-state index contributed by atoms with van der Waals surface area (Å²) in [5.41, 5.74) is 1.83. The molecule has 1 aromatic heterocycles. The number of carbonyl (C=O) groups is 1. The van der Waals surface area contributed by atoms with Crippen molar-refractivity contribution < 1.29 is 14.3 Å². The van der Waals surface area contributed by atoms with Gasteiger partial charge in [-0.05, 0) is 26.0 Å². The zero-order valence-corrected chi connectivity index (χ0v) is 16.8. The van der Waals surface area contributed by atoms with Gasteiger partial charge in [0.1, 0.15) is 6.61 Å². The van der Waals surface area contributed by atoms with Gasteiger partial charge in [-0.1, -0.05) is 53.7 Å². The van der Waals surface area contributed by atoms with Crippen LogP contribution in [0, 0.1) is 6.92 Å². The van der Waals surface area contributed by atoms with E-state index in [1.165, 1.54) is 11.8 Å². The van der Waals surface area contributed by atoms with Gasteiger partial charge in [-0.2, -0.15) is 0 Å². The van der Waals surface area contributed by atoms with Gasteiger partial charge in [-0.15, -0.1) is 10.2 Å². The zero-order chi connectivity index (χ0) is 19.7. The molecule has 2 heterocycles. The van der Waals surface area contributed by atoms with Gasteiger partial charge >= 0.3 is 0 Å². The van der Waals surface area contributed by atoms with Crippen molar-refractivity contribution >= 4 is 17.5 Å². The Morgan fingerprint density at radius 2 is 1.86 bits per heavy atom. The minimum absolute atomic E-state index is 0.0701. The fourth-order valence-corrected chi connectivity index (χ4v) is 3.92. The van der Waals surface area contributed by atoms with E-state index < -0.39 is 0 Å². The van der Waals surface area contributed by atoms with E-state index in [0.717, 1.165) is 11.3 Å². The minimum Gasteiger partial charge on any atom is -0.485 e. The number of benzene rings is 2. The second kappa shape index (κ2) is 7.67. The van der Waals surface area contributed by atoms with E-state index in [0.29, 0.717) is 28.9 Å². The first kappa shape index (κ1) is 18.6. The first-order valence-corrected chi connectivity index (χ1v) is 9.96. The second-order valence-corrected chi connectivity index (χ2v) is 8.06. The third kappa shape index (κ3) is 3.62. The summed E-state index contributed by atoms with van der Waals surface area (Å²) in [6.07, 6.45) is -0.343. The van der Waals surface area contributed by atoms with Gasteiger partial charge in [-0.3, -0.25) is 4.79 Å². The number of carbonyl (C=O) groups excluding carboxylic acids is 1. The smallest absolute Gasteiger partial charge is 0.192 e. The van der Waals surface area contributed by atoms with Crippen LogP contribution in [0.5, 0.6) is 11.5 Å². The quantitative estimate of drug-likeness (QED) is 0.481. The molecule has 0 saturated heterocycles. The molecule has 144 valence electrons. The summed E-state index contributed by atoms with van der Waals surface area (Å²) >= 11 is 1.39. The van der Waals surface area contributed by atoms with Crippen LogP contribution < -0.4 is 9.47 Å². The maximum atomic E-state index is 12.7. The number of fused-ring (bicyclic) bond motifs is 1. The molecule has 7 heteroatoms. The molecule has 1 aliphatic heterocycles. The molecule has 6 nitrogen and oxygen atoms in total. The molecule has 0 radical (unpaired) electrons. The molecule has 0 fully saturated rings. The normalized spacial score (nSPS) is 16.6. The van der Waals surface area contributed by atoms with Crippen molar-refractivity contribution in [3.8, 4) is 11.5 Å². The molecule has 3 aromatic rings. The molecule has 2 aromatic carbocycles. The number of aryl methyl sites for hydroxylation is 1. The number of Topliss-reactive ketones (excluding diaryl/α,β-unsaturated/α-hetero) is 1. The Morgan fingerprint density at radius 3 is 2.61 bits per heavy atom. The van der Waals surface area contributed by atoms with Gasteiger partial charge in [-0.25, -0.2) is 0 Å². The van der Waals surface area contributed by atoms with E-state index in [9.17, 15) is 4.79 Å². The molecule has 0 N–H and O–H groups in total. The Labute approximate surface area is 167 Å². The van der Waals surface area contributed by atoms with Gasteiger partial charge in [0.05, 0.1) is 5.25 Å². The van der Waals surface area contributed by atoms with Crippen LogP contribution in [0.3, 0.4) is 0 Å². The topological polar surface area (TPSA) is 66.2 Å². The first-order chi connectivity index (χ1) is 13.5. The summed E-state index contributed by atoms with van der Waals surface area (Å²) in [5.74, 6) is 2.17. The van der Waals surface area contributed by atoms with E-state index >= 15 is 0 Å². The number of ketones is 1. The van der Waals surface area contributed by atoms with Crippen LogP contribution in [0.2, 0.25) is 0 Å². The molecule has 0 saturated carbocycles.